The van der Waals surface area contributed by atoms with Crippen LogP contribution in [-0.2, 0) is 14.6 Å². The summed E-state index contributed by atoms with van der Waals surface area (Å²) in [4.78, 5) is 27.8. The topological polar surface area (TPSA) is 102 Å². The molecule has 0 bridgehead atoms. The summed E-state index contributed by atoms with van der Waals surface area (Å²) in [6.45, 7) is 1.25. The number of sulfone groups is 1. The normalized spacial score (nSPS) is 15.3. The zero-order valence-corrected chi connectivity index (χ0v) is 16.4. The molecule has 3 rings (SSSR count). The number of anilines is 1. The van der Waals surface area contributed by atoms with Gasteiger partial charge in [-0.05, 0) is 25.0 Å². The molecule has 0 atom stereocenters. The fourth-order valence-electron chi connectivity index (χ4n) is 3.06. The van der Waals surface area contributed by atoms with Gasteiger partial charge in [-0.25, -0.2) is 13.4 Å². The Kier molecular flexibility index (Phi) is 5.91. The molecule has 0 radical (unpaired) electrons. The fraction of sp³-hybridized carbons (Fsp3) is 0.389. The maximum absolute atomic E-state index is 12.7. The molecule has 1 amide bonds. The Hall–Kier alpha value is -2.26. The molecule has 1 N–H and O–H groups in total. The zero-order valence-electron chi connectivity index (χ0n) is 14.8. The van der Waals surface area contributed by atoms with Crippen molar-refractivity contribution in [1.29, 1.82) is 0 Å². The van der Waals surface area contributed by atoms with Gasteiger partial charge in [-0.2, -0.15) is 0 Å². The SMILES string of the molecule is CC(=O)Oc1ccccc1C(=O)Nc1nc(S(=O)(=O)C2CCCCC2)cs1. The van der Waals surface area contributed by atoms with E-state index in [0.29, 0.717) is 12.8 Å². The second-order valence-electron chi connectivity index (χ2n) is 6.34. The highest BCUT2D eigenvalue weighted by Gasteiger charge is 2.31. The van der Waals surface area contributed by atoms with Gasteiger partial charge >= 0.3 is 5.97 Å². The van der Waals surface area contributed by atoms with Gasteiger partial charge in [0.1, 0.15) is 5.75 Å². The third-order valence-corrected chi connectivity index (χ3v) is 7.42. The van der Waals surface area contributed by atoms with Gasteiger partial charge in [0.05, 0.1) is 10.8 Å². The lowest BCUT2D eigenvalue weighted by Crippen LogP contribution is -2.24. The number of nitrogens with zero attached hydrogens (tertiary/aromatic N) is 1. The van der Waals surface area contributed by atoms with Crippen LogP contribution in [-0.4, -0.2) is 30.5 Å². The zero-order chi connectivity index (χ0) is 19.4. The molecule has 0 saturated heterocycles. The lowest BCUT2D eigenvalue weighted by molar-refractivity contribution is -0.131. The quantitative estimate of drug-likeness (QED) is 0.601. The first-order valence-corrected chi connectivity index (χ1v) is 11.1. The molecule has 1 aromatic heterocycles. The molecule has 0 aliphatic heterocycles. The number of hydrogen-bond donors (Lipinski definition) is 1. The van der Waals surface area contributed by atoms with Crippen LogP contribution in [0.15, 0.2) is 34.7 Å². The van der Waals surface area contributed by atoms with Gasteiger partial charge in [0.25, 0.3) is 5.91 Å². The van der Waals surface area contributed by atoms with E-state index in [-0.39, 0.29) is 21.5 Å². The molecule has 2 aromatic rings. The molecule has 1 aliphatic rings. The highest BCUT2D eigenvalue weighted by molar-refractivity contribution is 7.92. The van der Waals surface area contributed by atoms with E-state index in [9.17, 15) is 18.0 Å². The minimum atomic E-state index is -3.49. The molecule has 1 saturated carbocycles. The first-order chi connectivity index (χ1) is 12.9. The standard InChI is InChI=1S/C18H20N2O5S2/c1-12(21)25-15-10-6-5-9-14(15)17(22)20-18-19-16(11-26-18)27(23,24)13-7-3-2-4-8-13/h5-6,9-11,13H,2-4,7-8H2,1H3,(H,19,20,22). The van der Waals surface area contributed by atoms with Crippen molar-refractivity contribution in [1.82, 2.24) is 4.98 Å². The van der Waals surface area contributed by atoms with Crippen LogP contribution >= 0.6 is 11.3 Å². The van der Waals surface area contributed by atoms with Crippen molar-refractivity contribution in [3.63, 3.8) is 0 Å². The second kappa shape index (κ2) is 8.18. The Morgan fingerprint density at radius 2 is 1.89 bits per heavy atom. The first-order valence-electron chi connectivity index (χ1n) is 8.66. The van der Waals surface area contributed by atoms with E-state index in [1.165, 1.54) is 24.4 Å². The minimum Gasteiger partial charge on any atom is -0.426 e. The maximum atomic E-state index is 12.7. The number of carbonyl (C=O) groups excluding carboxylic acids is 2. The number of benzene rings is 1. The first kappa shape index (κ1) is 19.5. The number of aromatic nitrogens is 1. The van der Waals surface area contributed by atoms with Crippen molar-refractivity contribution in [3.05, 3.63) is 35.2 Å². The summed E-state index contributed by atoms with van der Waals surface area (Å²) in [5.74, 6) is -0.928. The third kappa shape index (κ3) is 4.54. The number of amides is 1. The third-order valence-electron chi connectivity index (χ3n) is 4.37. The van der Waals surface area contributed by atoms with Gasteiger partial charge in [0, 0.05) is 12.3 Å². The van der Waals surface area contributed by atoms with E-state index < -0.39 is 27.0 Å². The van der Waals surface area contributed by atoms with Gasteiger partial charge in [0.15, 0.2) is 20.0 Å². The predicted octanol–water partition coefficient (Wildman–Crippen LogP) is 3.43. The number of hydrogen-bond acceptors (Lipinski definition) is 7. The number of ether oxygens (including phenoxy) is 1. The molecule has 0 unspecified atom stereocenters. The Morgan fingerprint density at radius 3 is 2.59 bits per heavy atom. The van der Waals surface area contributed by atoms with E-state index in [4.69, 9.17) is 4.74 Å². The van der Waals surface area contributed by atoms with Crippen LogP contribution in [0.1, 0.15) is 49.4 Å². The summed E-state index contributed by atoms with van der Waals surface area (Å²) in [5, 5.41) is 3.82. The van der Waals surface area contributed by atoms with Gasteiger partial charge in [0.2, 0.25) is 0 Å². The molecular weight excluding hydrogens is 388 g/mol. The monoisotopic (exact) mass is 408 g/mol. The lowest BCUT2D eigenvalue weighted by Gasteiger charge is -2.20. The number of nitrogens with one attached hydrogen (secondary N) is 1. The van der Waals surface area contributed by atoms with Crippen molar-refractivity contribution >= 4 is 38.2 Å². The molecular formula is C18H20N2O5S2. The molecule has 1 fully saturated rings. The Bertz CT molecular complexity index is 946. The van der Waals surface area contributed by atoms with Crippen LogP contribution in [0, 0.1) is 0 Å². The van der Waals surface area contributed by atoms with Gasteiger partial charge in [-0.1, -0.05) is 31.4 Å². The molecule has 1 aromatic carbocycles. The summed E-state index contributed by atoms with van der Waals surface area (Å²) in [6, 6.07) is 6.31. The fourth-order valence-corrected chi connectivity index (χ4v) is 5.88. The second-order valence-corrected chi connectivity index (χ2v) is 9.37. The number of esters is 1. The lowest BCUT2D eigenvalue weighted by atomic mass is 10.0. The van der Waals surface area contributed by atoms with E-state index in [1.54, 1.807) is 12.1 Å². The highest BCUT2D eigenvalue weighted by atomic mass is 32.2. The average molecular weight is 409 g/mol. The number of para-hydroxylation sites is 1. The summed E-state index contributed by atoms with van der Waals surface area (Å²) in [5.41, 5.74) is 0.166. The molecule has 1 aliphatic carbocycles. The summed E-state index contributed by atoms with van der Waals surface area (Å²) < 4.78 is 30.4. The maximum Gasteiger partial charge on any atom is 0.308 e. The van der Waals surface area contributed by atoms with Crippen molar-refractivity contribution in [2.75, 3.05) is 5.32 Å². The van der Waals surface area contributed by atoms with Gasteiger partial charge in [-0.15, -0.1) is 11.3 Å². The van der Waals surface area contributed by atoms with Crippen LogP contribution in [0.25, 0.3) is 0 Å². The molecule has 7 nitrogen and oxygen atoms in total. The Morgan fingerprint density at radius 1 is 1.19 bits per heavy atom. The van der Waals surface area contributed by atoms with E-state index >= 15 is 0 Å². The van der Waals surface area contributed by atoms with Crippen molar-refractivity contribution in [2.45, 2.75) is 49.3 Å². The molecule has 144 valence electrons. The van der Waals surface area contributed by atoms with Crippen LogP contribution in [0.2, 0.25) is 0 Å². The van der Waals surface area contributed by atoms with Gasteiger partial charge < -0.3 is 4.74 Å². The van der Waals surface area contributed by atoms with Crippen LogP contribution in [0.5, 0.6) is 5.75 Å². The molecule has 27 heavy (non-hydrogen) atoms. The summed E-state index contributed by atoms with van der Waals surface area (Å²) in [7, 11) is -3.49. The van der Waals surface area contributed by atoms with Crippen LogP contribution in [0.3, 0.4) is 0 Å². The Labute approximate surface area is 161 Å². The van der Waals surface area contributed by atoms with Crippen molar-refractivity contribution in [3.8, 4) is 5.75 Å². The van der Waals surface area contributed by atoms with Crippen LogP contribution in [0.4, 0.5) is 5.13 Å². The largest absolute Gasteiger partial charge is 0.426 e. The smallest absolute Gasteiger partial charge is 0.308 e. The average Bonchev–Trinajstić information content (AvgIpc) is 3.11. The summed E-state index contributed by atoms with van der Waals surface area (Å²) in [6.07, 6.45) is 4.18. The molecule has 9 heteroatoms. The van der Waals surface area contributed by atoms with E-state index in [2.05, 4.69) is 10.3 Å². The van der Waals surface area contributed by atoms with Gasteiger partial charge in [-0.3, -0.25) is 14.9 Å². The number of carbonyl (C=O) groups is 2. The van der Waals surface area contributed by atoms with E-state index in [0.717, 1.165) is 30.6 Å². The Balaban J connectivity index is 1.76. The van der Waals surface area contributed by atoms with Crippen LogP contribution < -0.4 is 10.1 Å². The molecule has 1 heterocycles. The number of rotatable bonds is 5. The van der Waals surface area contributed by atoms with Crippen molar-refractivity contribution < 1.29 is 22.7 Å². The minimum absolute atomic E-state index is 0.00275. The predicted molar refractivity (Wildman–Crippen MR) is 102 cm³/mol. The summed E-state index contributed by atoms with van der Waals surface area (Å²) >= 11 is 1.05. The van der Waals surface area contributed by atoms with Crippen molar-refractivity contribution in [2.24, 2.45) is 0 Å². The highest BCUT2D eigenvalue weighted by Crippen LogP contribution is 2.30. The van der Waals surface area contributed by atoms with E-state index in [1.807, 2.05) is 0 Å². The molecule has 0 spiro atoms. The number of thiazole rings is 1.